The van der Waals surface area contributed by atoms with E-state index in [1.807, 2.05) is 6.07 Å². The molecule has 0 aromatic carbocycles. The van der Waals surface area contributed by atoms with Gasteiger partial charge in [-0.15, -0.1) is 0 Å². The van der Waals surface area contributed by atoms with Crippen molar-refractivity contribution in [3.63, 3.8) is 0 Å². The molecule has 0 radical (unpaired) electrons. The Balaban J connectivity index is 0.000000445. The van der Waals surface area contributed by atoms with Crippen LogP contribution in [0.2, 0.25) is 0 Å². The first-order valence-corrected chi connectivity index (χ1v) is 13.0. The first-order chi connectivity index (χ1) is 16.9. The molecule has 2 saturated carbocycles. The van der Waals surface area contributed by atoms with Crippen LogP contribution in [-0.2, 0) is 19.8 Å². The van der Waals surface area contributed by atoms with Gasteiger partial charge in [-0.3, -0.25) is 9.59 Å². The number of halogens is 3. The minimum Gasteiger partial charge on any atom is -0.369 e. The monoisotopic (exact) mass is 528 g/mol. The number of hydrogen-bond donors (Lipinski definition) is 4. The summed E-state index contributed by atoms with van der Waals surface area (Å²) in [5.41, 5.74) is 7.08. The van der Waals surface area contributed by atoms with Gasteiger partial charge in [-0.1, -0.05) is 6.08 Å². The fourth-order valence-electron chi connectivity index (χ4n) is 3.69. The smallest absolute Gasteiger partial charge is 0.369 e. The Bertz CT molecular complexity index is 1280. The molecule has 0 spiro atoms. The normalized spacial score (nSPS) is 18.8. The summed E-state index contributed by atoms with van der Waals surface area (Å²) in [4.78, 5) is 29.5. The molecule has 2 aromatic heterocycles. The molecule has 0 atom stereocenters. The Labute approximate surface area is 205 Å². The second kappa shape index (κ2) is 10.2. The van der Waals surface area contributed by atoms with Crippen LogP contribution < -0.4 is 15.8 Å². The zero-order valence-electron chi connectivity index (χ0n) is 19.3. The molecule has 196 valence electrons. The van der Waals surface area contributed by atoms with Gasteiger partial charge in [0.05, 0.1) is 0 Å². The largest absolute Gasteiger partial charge is 0.402 e. The van der Waals surface area contributed by atoms with Crippen molar-refractivity contribution in [2.75, 3.05) is 25.0 Å². The van der Waals surface area contributed by atoms with E-state index >= 15 is 0 Å². The lowest BCUT2D eigenvalue weighted by molar-refractivity contribution is -0.121. The van der Waals surface area contributed by atoms with E-state index in [0.29, 0.717) is 17.9 Å². The summed E-state index contributed by atoms with van der Waals surface area (Å²) >= 11 is 0. The summed E-state index contributed by atoms with van der Waals surface area (Å²) in [6.07, 6.45) is 2.85. The highest BCUT2D eigenvalue weighted by Gasteiger charge is 2.33. The molecule has 14 heteroatoms. The van der Waals surface area contributed by atoms with Gasteiger partial charge < -0.3 is 16.0 Å². The van der Waals surface area contributed by atoms with Crippen molar-refractivity contribution in [3.8, 4) is 0 Å². The number of H-pyrrole nitrogens is 1. The molecule has 36 heavy (non-hydrogen) atoms. The van der Waals surface area contributed by atoms with Gasteiger partial charge in [0.25, 0.3) is 10.2 Å². The Hall–Kier alpha value is -2.97. The van der Waals surface area contributed by atoms with Gasteiger partial charge in [0.2, 0.25) is 11.8 Å². The third-order valence-corrected chi connectivity index (χ3v) is 7.54. The van der Waals surface area contributed by atoms with Crippen LogP contribution in [0.5, 0.6) is 0 Å². The minimum atomic E-state index is -4.62. The van der Waals surface area contributed by atoms with Gasteiger partial charge in [0.1, 0.15) is 18.0 Å². The van der Waals surface area contributed by atoms with E-state index in [1.165, 1.54) is 0 Å². The Morgan fingerprint density at radius 1 is 1.19 bits per heavy atom. The third-order valence-electron chi connectivity index (χ3n) is 6.02. The van der Waals surface area contributed by atoms with Crippen LogP contribution in [0.25, 0.3) is 16.6 Å². The Morgan fingerprint density at radius 3 is 2.42 bits per heavy atom. The van der Waals surface area contributed by atoms with Crippen LogP contribution >= 0.6 is 0 Å². The number of hydrogen-bond acceptors (Lipinski definition) is 5. The fraction of sp³-hybridized carbons (Fsp3) is 0.500. The predicted octanol–water partition coefficient (Wildman–Crippen LogP) is 2.28. The third kappa shape index (κ3) is 6.83. The molecule has 3 aliphatic rings. The van der Waals surface area contributed by atoms with E-state index in [9.17, 15) is 31.2 Å². The van der Waals surface area contributed by atoms with Crippen LogP contribution in [0.1, 0.15) is 37.7 Å². The van der Waals surface area contributed by atoms with Crippen molar-refractivity contribution < 1.29 is 31.2 Å². The molecule has 2 aliphatic carbocycles. The minimum absolute atomic E-state index is 0.0199. The van der Waals surface area contributed by atoms with Crippen molar-refractivity contribution >= 4 is 44.4 Å². The zero-order chi connectivity index (χ0) is 26.1. The molecule has 2 fully saturated rings. The number of pyridine rings is 1. The maximum Gasteiger partial charge on any atom is 0.402 e. The van der Waals surface area contributed by atoms with Crippen molar-refractivity contribution in [2.24, 2.45) is 17.6 Å². The van der Waals surface area contributed by atoms with Crippen LogP contribution in [0, 0.1) is 11.8 Å². The highest BCUT2D eigenvalue weighted by Crippen LogP contribution is 2.33. The second-order valence-corrected chi connectivity index (χ2v) is 10.8. The molecule has 0 bridgehead atoms. The van der Waals surface area contributed by atoms with Crippen LogP contribution in [0.4, 0.5) is 19.0 Å². The Morgan fingerprint density at radius 2 is 1.89 bits per heavy atom. The number of nitrogens with zero attached hydrogens (tertiary/aromatic N) is 2. The van der Waals surface area contributed by atoms with Gasteiger partial charge in [0.15, 0.2) is 0 Å². The highest BCUT2D eigenvalue weighted by molar-refractivity contribution is 7.87. The number of fused-ring (bicyclic) bond motifs is 1. The summed E-state index contributed by atoms with van der Waals surface area (Å²) in [7, 11) is -4.24. The topological polar surface area (TPSA) is 150 Å². The second-order valence-electron chi connectivity index (χ2n) is 9.01. The summed E-state index contributed by atoms with van der Waals surface area (Å²) in [5.74, 6) is 0.455. The molecule has 0 saturated heterocycles. The van der Waals surface area contributed by atoms with E-state index < -0.39 is 22.9 Å². The molecule has 5 rings (SSSR count). The molecule has 0 unspecified atom stereocenters. The number of rotatable bonds is 7. The molecule has 3 heterocycles. The van der Waals surface area contributed by atoms with Crippen molar-refractivity contribution in [2.45, 2.75) is 38.3 Å². The molecule has 2 amide bonds. The zero-order valence-corrected chi connectivity index (χ0v) is 20.1. The van der Waals surface area contributed by atoms with Crippen LogP contribution in [0.3, 0.4) is 0 Å². The number of nitrogens with one attached hydrogen (secondary N) is 3. The van der Waals surface area contributed by atoms with Crippen LogP contribution in [-0.4, -0.2) is 60.3 Å². The fourth-order valence-corrected chi connectivity index (χ4v) is 4.82. The summed E-state index contributed by atoms with van der Waals surface area (Å²) < 4.78 is 63.8. The maximum absolute atomic E-state index is 12.3. The van der Waals surface area contributed by atoms with E-state index in [1.54, 1.807) is 23.1 Å². The van der Waals surface area contributed by atoms with Gasteiger partial charge in [-0.25, -0.2) is 4.98 Å². The molecule has 10 nitrogen and oxygen atoms in total. The van der Waals surface area contributed by atoms with Crippen molar-refractivity contribution in [3.05, 3.63) is 30.0 Å². The predicted molar refractivity (Wildman–Crippen MR) is 127 cm³/mol. The number of carbonyl (C=O) groups excluding carboxylic acids is 2. The maximum atomic E-state index is 12.3. The lowest BCUT2D eigenvalue weighted by Gasteiger charge is -2.26. The number of amides is 2. The van der Waals surface area contributed by atoms with Gasteiger partial charge in [-0.05, 0) is 55.4 Å². The first-order valence-electron chi connectivity index (χ1n) is 11.5. The number of nitrogens with two attached hydrogens (primary N) is 1. The lowest BCUT2D eigenvalue weighted by Crippen LogP contribution is -2.45. The summed E-state index contributed by atoms with van der Waals surface area (Å²) in [6.45, 7) is -1.63. The number of primary amides is 1. The van der Waals surface area contributed by atoms with Gasteiger partial charge in [0, 0.05) is 36.5 Å². The van der Waals surface area contributed by atoms with E-state index in [2.05, 4.69) is 15.3 Å². The molecule has 2 aromatic rings. The SMILES string of the molecule is NC(=O)C1CC1.O=C(Nc1cc(C2=CCN(S(=O)(=O)NCC(F)(F)F)CC2)c2cc[nH]c2n1)C1CC1. The number of aromatic nitrogens is 2. The highest BCUT2D eigenvalue weighted by atomic mass is 32.2. The van der Waals surface area contributed by atoms with E-state index in [4.69, 9.17) is 5.73 Å². The number of alkyl halides is 3. The summed E-state index contributed by atoms with van der Waals surface area (Å²) in [6, 6.07) is 3.58. The van der Waals surface area contributed by atoms with Gasteiger partial charge >= 0.3 is 6.18 Å². The van der Waals surface area contributed by atoms with E-state index in [-0.39, 0.29) is 36.7 Å². The molecular weight excluding hydrogens is 501 g/mol. The molecule has 1 aliphatic heterocycles. The first kappa shape index (κ1) is 26.1. The molecule has 5 N–H and O–H groups in total. The van der Waals surface area contributed by atoms with Crippen LogP contribution in [0.15, 0.2) is 24.4 Å². The van der Waals surface area contributed by atoms with Crippen molar-refractivity contribution in [1.29, 1.82) is 0 Å². The molecular formula is C22H27F3N6O4S. The Kier molecular flexibility index (Phi) is 7.38. The van der Waals surface area contributed by atoms with E-state index in [0.717, 1.165) is 46.5 Å². The number of aromatic amines is 1. The van der Waals surface area contributed by atoms with Gasteiger partial charge in [-0.2, -0.15) is 30.6 Å². The lowest BCUT2D eigenvalue weighted by atomic mass is 9.98. The standard InChI is InChI=1S/C18H20F3N5O3S.C4H7NO/c19-18(20,21)10-23-30(28,29)26-7-4-11(5-8-26)14-9-15(25-17(27)12-1-2-12)24-16-13(14)3-6-22-16;5-4(6)3-1-2-3/h3-4,6,9,12,23H,1-2,5,7-8,10H2,(H2,22,24,25,27);3H,1-2H2,(H2,5,6). The average molecular weight is 529 g/mol. The summed E-state index contributed by atoms with van der Waals surface area (Å²) in [5, 5.41) is 3.63. The number of carbonyl (C=O) groups is 2. The quantitative estimate of drug-likeness (QED) is 0.435. The average Bonchev–Trinajstić information content (AvgIpc) is 3.74. The number of anilines is 1. The van der Waals surface area contributed by atoms with Crippen molar-refractivity contribution in [1.82, 2.24) is 19.0 Å².